The van der Waals surface area contributed by atoms with Gasteiger partial charge in [-0.1, -0.05) is 22.5 Å². The Kier molecular flexibility index (Phi) is 10.2. The molecule has 0 atom stereocenters. The Labute approximate surface area is 139 Å². The second-order valence-electron chi connectivity index (χ2n) is 4.70. The topological polar surface area (TPSA) is 69.7 Å². The van der Waals surface area contributed by atoms with Crippen molar-refractivity contribution in [2.75, 3.05) is 14.2 Å². The molecule has 6 heteroatoms. The van der Waals surface area contributed by atoms with Gasteiger partial charge in [-0.05, 0) is 17.3 Å². The van der Waals surface area contributed by atoms with Gasteiger partial charge in [-0.25, -0.2) is 0 Å². The van der Waals surface area contributed by atoms with Gasteiger partial charge in [-0.2, -0.15) is 0 Å². The average molecular weight is 373 g/mol. The van der Waals surface area contributed by atoms with Crippen LogP contribution >= 0.6 is 15.9 Å². The smallest absolute Gasteiger partial charge is 0.324 e. The van der Waals surface area contributed by atoms with Gasteiger partial charge in [0.15, 0.2) is 5.41 Å². The Balaban J connectivity index is 5.02. The zero-order chi connectivity index (χ0) is 17.0. The van der Waals surface area contributed by atoms with Crippen molar-refractivity contribution in [1.82, 2.24) is 0 Å². The van der Waals surface area contributed by atoms with Crippen LogP contribution in [0.25, 0.3) is 0 Å². The molecule has 0 aromatic heterocycles. The first-order valence-electron chi connectivity index (χ1n) is 6.84. The third-order valence-electron chi connectivity index (χ3n) is 3.03. The molecule has 0 aliphatic carbocycles. The Bertz CT molecular complexity index is 457. The molecule has 0 unspecified atom stereocenters. The summed E-state index contributed by atoms with van der Waals surface area (Å²) in [5.41, 5.74) is -1.51. The van der Waals surface area contributed by atoms with Crippen LogP contribution in [0.3, 0.4) is 0 Å². The van der Waals surface area contributed by atoms with Crippen LogP contribution in [0.15, 0.2) is 11.1 Å². The minimum atomic E-state index is -1.51. The molecule has 0 rings (SSSR count). The third-order valence-corrected chi connectivity index (χ3v) is 3.32. The van der Waals surface area contributed by atoms with Gasteiger partial charge in [0.25, 0.3) is 0 Å². The minimum Gasteiger partial charge on any atom is -0.468 e. The summed E-state index contributed by atoms with van der Waals surface area (Å²) in [5, 5.41) is 0. The third kappa shape index (κ3) is 6.44. The Morgan fingerprint density at radius 3 is 2.23 bits per heavy atom. The summed E-state index contributed by atoms with van der Waals surface area (Å²) in [6.07, 6.45) is 3.59. The molecule has 0 spiro atoms. The maximum absolute atomic E-state index is 12.1. The number of ether oxygens (including phenoxy) is 2. The number of halogens is 1. The van der Waals surface area contributed by atoms with Gasteiger partial charge in [0, 0.05) is 25.7 Å². The van der Waals surface area contributed by atoms with E-state index in [4.69, 9.17) is 9.47 Å². The van der Waals surface area contributed by atoms with Gasteiger partial charge >= 0.3 is 11.9 Å². The SMILES string of the molecule is C=C(Br)CC(CC#CCCCCC=O)(C(=O)OC)C(=O)OC. The van der Waals surface area contributed by atoms with Crippen LogP contribution in [0.5, 0.6) is 0 Å². The van der Waals surface area contributed by atoms with E-state index >= 15 is 0 Å². The number of unbranched alkanes of at least 4 members (excludes halogenated alkanes) is 3. The lowest BCUT2D eigenvalue weighted by Gasteiger charge is -2.25. The van der Waals surface area contributed by atoms with E-state index in [0.29, 0.717) is 17.3 Å². The number of methoxy groups -OCH3 is 2. The van der Waals surface area contributed by atoms with Crippen molar-refractivity contribution in [2.45, 2.75) is 38.5 Å². The Hall–Kier alpha value is -1.61. The molecule has 122 valence electrons. The summed E-state index contributed by atoms with van der Waals surface area (Å²) in [5.74, 6) is 4.34. The number of hydrogen-bond acceptors (Lipinski definition) is 5. The van der Waals surface area contributed by atoms with Crippen molar-refractivity contribution in [3.8, 4) is 11.8 Å². The van der Waals surface area contributed by atoms with E-state index in [1.165, 1.54) is 14.2 Å². The molecule has 0 heterocycles. The molecule has 22 heavy (non-hydrogen) atoms. The standard InChI is InChI=1S/C16H21BrO5/c1-13(17)12-16(14(19)21-2,15(20)22-3)10-8-6-4-5-7-9-11-18/h11H,1,4-5,7,9-10,12H2,2-3H3. The van der Waals surface area contributed by atoms with Crippen LogP contribution < -0.4 is 0 Å². The lowest BCUT2D eigenvalue weighted by molar-refractivity contribution is -0.168. The minimum absolute atomic E-state index is 0.00928. The summed E-state index contributed by atoms with van der Waals surface area (Å²) < 4.78 is 9.97. The number of allylic oxidation sites excluding steroid dienone is 1. The van der Waals surface area contributed by atoms with Crippen molar-refractivity contribution in [1.29, 1.82) is 0 Å². The maximum Gasteiger partial charge on any atom is 0.324 e. The van der Waals surface area contributed by atoms with Crippen molar-refractivity contribution in [2.24, 2.45) is 5.41 Å². The number of carbonyl (C=O) groups excluding carboxylic acids is 3. The summed E-state index contributed by atoms with van der Waals surface area (Å²) in [4.78, 5) is 34.4. The predicted molar refractivity (Wildman–Crippen MR) is 86.1 cm³/mol. The second-order valence-corrected chi connectivity index (χ2v) is 5.82. The molecule has 0 aromatic carbocycles. The van der Waals surface area contributed by atoms with Crippen LogP contribution in [0.2, 0.25) is 0 Å². The van der Waals surface area contributed by atoms with E-state index < -0.39 is 17.4 Å². The lowest BCUT2D eigenvalue weighted by atomic mass is 9.81. The molecule has 0 N–H and O–H groups in total. The van der Waals surface area contributed by atoms with Gasteiger partial charge in [0.1, 0.15) is 6.29 Å². The predicted octanol–water partition coefficient (Wildman–Crippen LogP) is 2.77. The zero-order valence-corrected chi connectivity index (χ0v) is 14.5. The molecule has 0 saturated heterocycles. The highest BCUT2D eigenvalue weighted by molar-refractivity contribution is 9.11. The number of carbonyl (C=O) groups is 3. The molecule has 0 amide bonds. The number of esters is 2. The first-order chi connectivity index (χ1) is 10.4. The van der Waals surface area contributed by atoms with Gasteiger partial charge < -0.3 is 14.3 Å². The van der Waals surface area contributed by atoms with Crippen LogP contribution in [0, 0.1) is 17.3 Å². The zero-order valence-electron chi connectivity index (χ0n) is 12.9. The monoisotopic (exact) mass is 372 g/mol. The lowest BCUT2D eigenvalue weighted by Crippen LogP contribution is -2.41. The largest absolute Gasteiger partial charge is 0.468 e. The Morgan fingerprint density at radius 2 is 1.77 bits per heavy atom. The number of hydrogen-bond donors (Lipinski definition) is 0. The van der Waals surface area contributed by atoms with E-state index in [9.17, 15) is 14.4 Å². The normalized spacial score (nSPS) is 10.1. The first-order valence-corrected chi connectivity index (χ1v) is 7.63. The molecule has 0 bridgehead atoms. The quantitative estimate of drug-likeness (QED) is 0.204. The molecule has 5 nitrogen and oxygen atoms in total. The molecular formula is C16H21BrO5. The van der Waals surface area contributed by atoms with Gasteiger partial charge in [0.2, 0.25) is 0 Å². The van der Waals surface area contributed by atoms with Crippen molar-refractivity contribution < 1.29 is 23.9 Å². The first kappa shape index (κ1) is 20.4. The van der Waals surface area contributed by atoms with Crippen molar-refractivity contribution in [3.63, 3.8) is 0 Å². The van der Waals surface area contributed by atoms with E-state index in [1.807, 2.05) is 0 Å². The molecule has 0 fully saturated rings. The van der Waals surface area contributed by atoms with E-state index in [-0.39, 0.29) is 12.8 Å². The number of rotatable bonds is 9. The summed E-state index contributed by atoms with van der Waals surface area (Å²) in [7, 11) is 2.42. The van der Waals surface area contributed by atoms with Gasteiger partial charge in [-0.3, -0.25) is 9.59 Å². The highest BCUT2D eigenvalue weighted by Crippen LogP contribution is 2.34. The van der Waals surface area contributed by atoms with Crippen LogP contribution in [0.1, 0.15) is 38.5 Å². The van der Waals surface area contributed by atoms with Crippen LogP contribution in [-0.4, -0.2) is 32.4 Å². The number of aldehydes is 1. The molecule has 0 aliphatic heterocycles. The summed E-state index contributed by atoms with van der Waals surface area (Å²) >= 11 is 3.17. The molecule has 0 radical (unpaired) electrons. The van der Waals surface area contributed by atoms with E-state index in [0.717, 1.165) is 19.1 Å². The average Bonchev–Trinajstić information content (AvgIpc) is 2.50. The fraction of sp³-hybridized carbons (Fsp3) is 0.562. The maximum atomic E-state index is 12.1. The van der Waals surface area contributed by atoms with Crippen molar-refractivity contribution >= 4 is 34.2 Å². The highest BCUT2D eigenvalue weighted by atomic mass is 79.9. The van der Waals surface area contributed by atoms with E-state index in [1.54, 1.807) is 0 Å². The van der Waals surface area contributed by atoms with Gasteiger partial charge in [-0.15, -0.1) is 11.8 Å². The highest BCUT2D eigenvalue weighted by Gasteiger charge is 2.48. The second kappa shape index (κ2) is 11.0. The molecule has 0 aromatic rings. The fourth-order valence-electron chi connectivity index (χ4n) is 1.90. The van der Waals surface area contributed by atoms with Gasteiger partial charge in [0.05, 0.1) is 14.2 Å². The molecule has 0 aliphatic rings. The molecule has 0 saturated carbocycles. The van der Waals surface area contributed by atoms with Crippen LogP contribution in [0.4, 0.5) is 0 Å². The summed E-state index contributed by atoms with van der Waals surface area (Å²) in [6.45, 7) is 3.67. The Morgan fingerprint density at radius 1 is 1.18 bits per heavy atom. The van der Waals surface area contributed by atoms with Crippen molar-refractivity contribution in [3.05, 3.63) is 11.1 Å². The summed E-state index contributed by atoms with van der Waals surface area (Å²) in [6, 6.07) is 0. The fourth-order valence-corrected chi connectivity index (χ4v) is 2.37. The molecular weight excluding hydrogens is 352 g/mol. The van der Waals surface area contributed by atoms with E-state index in [2.05, 4.69) is 34.3 Å². The van der Waals surface area contributed by atoms with Crippen LogP contribution in [-0.2, 0) is 23.9 Å².